The molecule has 3 N–H and O–H groups in total. The summed E-state index contributed by atoms with van der Waals surface area (Å²) in [4.78, 5) is 64.6. The van der Waals surface area contributed by atoms with Crippen LogP contribution in [-0.2, 0) is 24.0 Å². The monoisotopic (exact) mass is 565 g/mol. The lowest BCUT2D eigenvalue weighted by Gasteiger charge is -2.32. The van der Waals surface area contributed by atoms with Crippen LogP contribution in [0.3, 0.4) is 0 Å². The second-order valence-corrected chi connectivity index (χ2v) is 10.5. The van der Waals surface area contributed by atoms with Crippen molar-refractivity contribution < 1.29 is 24.0 Å². The van der Waals surface area contributed by atoms with Crippen molar-refractivity contribution >= 4 is 47.7 Å². The molecule has 4 rings (SSSR count). The number of nitrogens with zero attached hydrogens (tertiary/aromatic N) is 3. The van der Waals surface area contributed by atoms with Gasteiger partial charge in [0, 0.05) is 30.9 Å². The van der Waals surface area contributed by atoms with E-state index in [2.05, 4.69) is 17.9 Å². The smallest absolute Gasteiger partial charge is 0.343 e. The minimum absolute atomic E-state index is 0.0675. The quantitative estimate of drug-likeness (QED) is 0.421. The van der Waals surface area contributed by atoms with Crippen LogP contribution in [-0.4, -0.2) is 65.4 Å². The molecule has 2 aliphatic rings. The fourth-order valence-electron chi connectivity index (χ4n) is 5.16. The summed E-state index contributed by atoms with van der Waals surface area (Å²) >= 11 is 4.13. The van der Waals surface area contributed by atoms with Gasteiger partial charge in [-0.2, -0.15) is 12.6 Å². The first-order chi connectivity index (χ1) is 19.2. The van der Waals surface area contributed by atoms with E-state index in [1.54, 1.807) is 24.3 Å². The summed E-state index contributed by atoms with van der Waals surface area (Å²) in [5, 5.41) is 3.63. The molecule has 3 atom stereocenters. The van der Waals surface area contributed by atoms with Crippen molar-refractivity contribution in [1.82, 2.24) is 10.2 Å². The van der Waals surface area contributed by atoms with E-state index >= 15 is 0 Å². The van der Waals surface area contributed by atoms with Gasteiger partial charge < -0.3 is 20.8 Å². The normalized spacial score (nSPS) is 19.0. The number of thiol groups is 1. The van der Waals surface area contributed by atoms with Crippen molar-refractivity contribution in [2.75, 3.05) is 17.9 Å². The van der Waals surface area contributed by atoms with Crippen LogP contribution in [0, 0.1) is 5.92 Å². The Kier molecular flexibility index (Phi) is 9.59. The molecule has 1 saturated carbocycles. The molecule has 2 aromatic rings. The fraction of sp³-hybridized carbons (Fsp3) is 0.414. The predicted octanol–water partition coefficient (Wildman–Crippen LogP) is 2.46. The molecule has 3 amide bonds. The number of hydroxylamine groups is 1. The molecule has 11 heteroatoms. The summed E-state index contributed by atoms with van der Waals surface area (Å²) in [5.74, 6) is -2.47. The van der Waals surface area contributed by atoms with Crippen molar-refractivity contribution in [3.05, 3.63) is 65.7 Å². The molecule has 40 heavy (non-hydrogen) atoms. The number of benzene rings is 2. The van der Waals surface area contributed by atoms with Gasteiger partial charge in [0.05, 0.1) is 17.4 Å². The highest BCUT2D eigenvalue weighted by molar-refractivity contribution is 7.80. The van der Waals surface area contributed by atoms with Gasteiger partial charge in [0.2, 0.25) is 18.0 Å². The average Bonchev–Trinajstić information content (AvgIpc) is 3.10. The summed E-state index contributed by atoms with van der Waals surface area (Å²) < 4.78 is 0. The molecule has 0 bridgehead atoms. The highest BCUT2D eigenvalue weighted by Crippen LogP contribution is 2.32. The molecule has 0 aromatic heterocycles. The summed E-state index contributed by atoms with van der Waals surface area (Å²) in [6.07, 6.45) is 3.07. The summed E-state index contributed by atoms with van der Waals surface area (Å²) in [7, 11) is 1.43. The van der Waals surface area contributed by atoms with Crippen LogP contribution in [0.4, 0.5) is 5.69 Å². The van der Waals surface area contributed by atoms with Gasteiger partial charge in [-0.3, -0.25) is 14.4 Å². The summed E-state index contributed by atoms with van der Waals surface area (Å²) in [5.41, 5.74) is 7.93. The molecular formula is C29H35N5O5S. The first kappa shape index (κ1) is 29.3. The van der Waals surface area contributed by atoms with Crippen molar-refractivity contribution in [2.24, 2.45) is 16.6 Å². The van der Waals surface area contributed by atoms with Crippen LogP contribution in [0.25, 0.3) is 0 Å². The van der Waals surface area contributed by atoms with E-state index in [-0.39, 0.29) is 23.3 Å². The maximum absolute atomic E-state index is 14.1. The van der Waals surface area contributed by atoms with Gasteiger partial charge in [0.15, 0.2) is 0 Å². The van der Waals surface area contributed by atoms with Gasteiger partial charge in [0.25, 0.3) is 0 Å². The van der Waals surface area contributed by atoms with Gasteiger partial charge in [-0.05, 0) is 24.8 Å². The zero-order valence-electron chi connectivity index (χ0n) is 22.7. The topological polar surface area (TPSA) is 134 Å². The van der Waals surface area contributed by atoms with Crippen LogP contribution in [0.15, 0.2) is 59.6 Å². The number of hydrogen-bond donors (Lipinski definition) is 3. The van der Waals surface area contributed by atoms with Crippen molar-refractivity contribution in [1.29, 1.82) is 0 Å². The minimum Gasteiger partial charge on any atom is -0.343 e. The molecule has 0 spiro atoms. The van der Waals surface area contributed by atoms with Crippen LogP contribution in [0.5, 0.6) is 0 Å². The zero-order valence-corrected chi connectivity index (χ0v) is 23.6. The lowest BCUT2D eigenvalue weighted by molar-refractivity contribution is -0.157. The maximum Gasteiger partial charge on any atom is 0.355 e. The largest absolute Gasteiger partial charge is 0.355 e. The molecule has 1 aliphatic heterocycles. The molecule has 2 aromatic carbocycles. The van der Waals surface area contributed by atoms with Crippen molar-refractivity contribution in [3.63, 3.8) is 0 Å². The second-order valence-electron chi connectivity index (χ2n) is 10.1. The van der Waals surface area contributed by atoms with Gasteiger partial charge in [-0.1, -0.05) is 67.8 Å². The third-order valence-corrected chi connectivity index (χ3v) is 7.63. The Balaban J connectivity index is 1.79. The fourth-order valence-corrected chi connectivity index (χ4v) is 5.31. The van der Waals surface area contributed by atoms with Crippen LogP contribution in [0.2, 0.25) is 0 Å². The molecule has 1 heterocycles. The molecule has 0 saturated heterocycles. The number of amides is 3. The van der Waals surface area contributed by atoms with E-state index in [1.165, 1.54) is 14.0 Å². The Bertz CT molecular complexity index is 1280. The summed E-state index contributed by atoms with van der Waals surface area (Å²) in [6, 6.07) is 14.3. The molecule has 1 aliphatic carbocycles. The Morgan fingerprint density at radius 3 is 2.40 bits per heavy atom. The van der Waals surface area contributed by atoms with E-state index < -0.39 is 36.0 Å². The number of hydrogen-bond acceptors (Lipinski definition) is 8. The number of nitrogens with two attached hydrogens (primary N) is 1. The molecule has 3 unspecified atom stereocenters. The molecule has 1 fully saturated rings. The van der Waals surface area contributed by atoms with E-state index in [0.717, 1.165) is 42.1 Å². The number of carbonyl (C=O) groups excluding carboxylic acids is 4. The molecule has 10 nitrogen and oxygen atoms in total. The molecule has 212 valence electrons. The number of fused-ring (bicyclic) bond motifs is 1. The van der Waals surface area contributed by atoms with Gasteiger partial charge in [0.1, 0.15) is 6.04 Å². The van der Waals surface area contributed by atoms with Crippen LogP contribution >= 0.6 is 12.6 Å². The zero-order chi connectivity index (χ0) is 28.8. The third-order valence-electron chi connectivity index (χ3n) is 7.24. The molecular weight excluding hydrogens is 530 g/mol. The number of carbonyl (C=O) groups is 4. The SMILES string of the molecule is CC(=O)NC(C(=O)ON1C(=O)C(N(C)C(=O)C(N)CS)N=C(c2ccccc2)c2ccccc21)C1CCCCC1. The minimum atomic E-state index is -1.39. The second kappa shape index (κ2) is 13.1. The van der Waals surface area contributed by atoms with Gasteiger partial charge in [-0.25, -0.2) is 9.79 Å². The Morgan fingerprint density at radius 1 is 1.10 bits per heavy atom. The number of rotatable bonds is 8. The standard InChI is InChI=1S/C29H35N5O5S/c1-18(35)31-25(20-13-7-4-8-14-20)29(38)39-34-23-16-10-9-15-21(23)24(19-11-5-3-6-12-19)32-26(28(34)37)33(2)27(36)22(30)17-40/h3,5-6,9-12,15-16,20,22,25-26,40H,4,7-8,13-14,17,30H2,1-2H3,(H,31,35). The maximum atomic E-state index is 14.1. The van der Waals surface area contributed by atoms with Crippen molar-refractivity contribution in [3.8, 4) is 0 Å². The predicted molar refractivity (Wildman–Crippen MR) is 155 cm³/mol. The number of benzodiazepines with no additional fused rings is 1. The number of likely N-dealkylation sites (N-methyl/N-ethyl adjacent to an activating group) is 1. The van der Waals surface area contributed by atoms with Crippen molar-refractivity contribution in [2.45, 2.75) is 57.3 Å². The number of anilines is 1. The lowest BCUT2D eigenvalue weighted by atomic mass is 9.84. The van der Waals surface area contributed by atoms with E-state index in [0.29, 0.717) is 16.8 Å². The van der Waals surface area contributed by atoms with E-state index in [9.17, 15) is 19.2 Å². The van der Waals surface area contributed by atoms with Gasteiger partial charge >= 0.3 is 11.9 Å². The van der Waals surface area contributed by atoms with Gasteiger partial charge in [-0.15, -0.1) is 5.06 Å². The van der Waals surface area contributed by atoms with E-state index in [1.807, 2.05) is 30.3 Å². The molecule has 0 radical (unpaired) electrons. The lowest BCUT2D eigenvalue weighted by Crippen LogP contribution is -2.54. The summed E-state index contributed by atoms with van der Waals surface area (Å²) in [6.45, 7) is 1.34. The Labute approximate surface area is 239 Å². The third kappa shape index (κ3) is 6.37. The highest BCUT2D eigenvalue weighted by Gasteiger charge is 2.41. The Morgan fingerprint density at radius 2 is 1.75 bits per heavy atom. The number of aliphatic imine (C=N–C) groups is 1. The number of para-hydroxylation sites is 1. The first-order valence-electron chi connectivity index (χ1n) is 13.4. The van der Waals surface area contributed by atoms with Crippen LogP contribution < -0.4 is 16.1 Å². The first-order valence-corrected chi connectivity index (χ1v) is 14.0. The Hall–Kier alpha value is -3.70. The van der Waals surface area contributed by atoms with Crippen LogP contribution in [0.1, 0.15) is 50.2 Å². The highest BCUT2D eigenvalue weighted by atomic mass is 32.1. The average molecular weight is 566 g/mol. The number of nitrogens with one attached hydrogen (secondary N) is 1. The van der Waals surface area contributed by atoms with E-state index in [4.69, 9.17) is 15.6 Å².